The van der Waals surface area contributed by atoms with E-state index in [1.165, 1.54) is 6.42 Å². The number of hydrogen-bond acceptors (Lipinski definition) is 3. The predicted molar refractivity (Wildman–Crippen MR) is 87.7 cm³/mol. The van der Waals surface area contributed by atoms with E-state index in [4.69, 9.17) is 0 Å². The van der Waals surface area contributed by atoms with E-state index >= 15 is 0 Å². The Morgan fingerprint density at radius 3 is 3.05 bits per heavy atom. The Morgan fingerprint density at radius 2 is 2.20 bits per heavy atom. The van der Waals surface area contributed by atoms with Gasteiger partial charge in [0.05, 0.1) is 6.54 Å². The summed E-state index contributed by atoms with van der Waals surface area (Å²) >= 11 is 0. The molecule has 1 heterocycles. The van der Waals surface area contributed by atoms with Gasteiger partial charge in [0.15, 0.2) is 5.96 Å². The molecule has 0 spiro atoms. The van der Waals surface area contributed by atoms with Gasteiger partial charge in [0, 0.05) is 19.6 Å². The van der Waals surface area contributed by atoms with Crippen LogP contribution >= 0.6 is 17.0 Å². The highest BCUT2D eigenvalue weighted by Crippen LogP contribution is 2.60. The summed E-state index contributed by atoms with van der Waals surface area (Å²) in [5.74, 6) is 3.67. The number of nitrogens with zero attached hydrogens (tertiary/aromatic N) is 2. The van der Waals surface area contributed by atoms with Crippen LogP contribution in [0.4, 0.5) is 0 Å². The first kappa shape index (κ1) is 13.9. The van der Waals surface area contributed by atoms with Crippen molar-refractivity contribution in [2.45, 2.75) is 19.3 Å². The van der Waals surface area contributed by atoms with E-state index < -0.39 is 0 Å². The number of hydrogen-bond donors (Lipinski definition) is 1. The van der Waals surface area contributed by atoms with Crippen LogP contribution in [0.5, 0.6) is 0 Å². The van der Waals surface area contributed by atoms with Gasteiger partial charge >= 0.3 is 0 Å². The molecule has 1 aliphatic heterocycles. The number of aliphatic imine (C=N–C) groups is 1. The van der Waals surface area contributed by atoms with Crippen molar-refractivity contribution in [3.63, 3.8) is 0 Å². The molecule has 0 radical (unpaired) electrons. The van der Waals surface area contributed by atoms with E-state index in [2.05, 4.69) is 46.4 Å². The van der Waals surface area contributed by atoms with Gasteiger partial charge in [-0.3, -0.25) is 4.99 Å². The number of likely N-dealkylation sites (N-methyl/N-ethyl adjacent to an activating group) is 1. The first-order chi connectivity index (χ1) is 9.38. The average molecular weight is 336 g/mol. The quantitative estimate of drug-likeness (QED) is 0.918. The maximum Gasteiger partial charge on any atom is 0.194 e. The van der Waals surface area contributed by atoms with Crippen LogP contribution in [0.1, 0.15) is 24.0 Å². The molecular formula is C16H22BrN3. The van der Waals surface area contributed by atoms with Gasteiger partial charge < -0.3 is 10.2 Å². The van der Waals surface area contributed by atoms with Gasteiger partial charge in [-0.25, -0.2) is 0 Å². The van der Waals surface area contributed by atoms with Gasteiger partial charge in [-0.2, -0.15) is 0 Å². The molecule has 0 aromatic heterocycles. The Balaban J connectivity index is 0.00000121. The molecule has 3 aliphatic rings. The van der Waals surface area contributed by atoms with Gasteiger partial charge in [0.25, 0.3) is 0 Å². The lowest BCUT2D eigenvalue weighted by atomic mass is 10.0. The zero-order valence-electron chi connectivity index (χ0n) is 11.9. The standard InChI is InChI=1S/C16H21N3.BrH/c1-2-19-8-7-17-16(19)18-10-14-13-9-11-5-3-4-6-12(11)15(13)14;/h3-6,13-15H,2,7-10H2,1H3,(H,17,18);1H. The Labute approximate surface area is 131 Å². The molecule has 3 atom stereocenters. The molecule has 1 N–H and O–H groups in total. The van der Waals surface area contributed by atoms with Gasteiger partial charge in [-0.1, -0.05) is 24.3 Å². The molecule has 3 unspecified atom stereocenters. The smallest absolute Gasteiger partial charge is 0.194 e. The molecule has 1 fully saturated rings. The molecule has 3 nitrogen and oxygen atoms in total. The number of fused-ring (bicyclic) bond motifs is 3. The lowest BCUT2D eigenvalue weighted by Gasteiger charge is -2.19. The Bertz CT molecular complexity index is 528. The summed E-state index contributed by atoms with van der Waals surface area (Å²) in [7, 11) is 0. The largest absolute Gasteiger partial charge is 0.356 e. The molecule has 1 aromatic carbocycles. The third kappa shape index (κ3) is 2.14. The van der Waals surface area contributed by atoms with Crippen LogP contribution in [-0.4, -0.2) is 37.0 Å². The monoisotopic (exact) mass is 335 g/mol. The Kier molecular flexibility index (Phi) is 3.76. The van der Waals surface area contributed by atoms with E-state index in [0.717, 1.165) is 49.9 Å². The lowest BCUT2D eigenvalue weighted by molar-refractivity contribution is 0.463. The van der Waals surface area contributed by atoms with E-state index in [0.29, 0.717) is 0 Å². The summed E-state index contributed by atoms with van der Waals surface area (Å²) in [4.78, 5) is 6.90. The van der Waals surface area contributed by atoms with Crippen LogP contribution < -0.4 is 5.32 Å². The minimum absolute atomic E-state index is 0. The molecule has 0 saturated heterocycles. The van der Waals surface area contributed by atoms with Crippen molar-refractivity contribution in [3.05, 3.63) is 35.4 Å². The fourth-order valence-corrected chi connectivity index (χ4v) is 3.93. The van der Waals surface area contributed by atoms with Crippen LogP contribution in [0.15, 0.2) is 29.3 Å². The zero-order chi connectivity index (χ0) is 12.8. The molecular weight excluding hydrogens is 314 g/mol. The average Bonchev–Trinajstić information content (AvgIpc) is 2.82. The molecule has 4 rings (SSSR count). The molecule has 20 heavy (non-hydrogen) atoms. The molecule has 0 amide bonds. The number of benzene rings is 1. The molecule has 1 saturated carbocycles. The van der Waals surface area contributed by atoms with Gasteiger partial charge in [0.2, 0.25) is 0 Å². The molecule has 4 heteroatoms. The number of nitrogens with one attached hydrogen (secondary N) is 1. The highest BCUT2D eigenvalue weighted by atomic mass is 79.9. The second-order valence-electron chi connectivity index (χ2n) is 5.92. The summed E-state index contributed by atoms with van der Waals surface area (Å²) in [6.45, 7) is 6.39. The summed E-state index contributed by atoms with van der Waals surface area (Å²) in [6.07, 6.45) is 1.29. The van der Waals surface area contributed by atoms with Crippen molar-refractivity contribution in [1.29, 1.82) is 0 Å². The predicted octanol–water partition coefficient (Wildman–Crippen LogP) is 2.43. The van der Waals surface area contributed by atoms with Crippen LogP contribution in [0.25, 0.3) is 0 Å². The summed E-state index contributed by atoms with van der Waals surface area (Å²) in [5.41, 5.74) is 3.20. The van der Waals surface area contributed by atoms with Crippen molar-refractivity contribution < 1.29 is 0 Å². The zero-order valence-corrected chi connectivity index (χ0v) is 13.6. The lowest BCUT2D eigenvalue weighted by Crippen LogP contribution is -2.39. The maximum absolute atomic E-state index is 4.56. The normalized spacial score (nSPS) is 29.4. The van der Waals surface area contributed by atoms with Crippen molar-refractivity contribution in [1.82, 2.24) is 10.2 Å². The maximum atomic E-state index is 4.56. The minimum atomic E-state index is 0. The van der Waals surface area contributed by atoms with Gasteiger partial charge in [-0.05, 0) is 42.2 Å². The summed E-state index contributed by atoms with van der Waals surface area (Å²) in [5, 5.41) is 3.58. The van der Waals surface area contributed by atoms with E-state index in [1.807, 2.05) is 0 Å². The van der Waals surface area contributed by atoms with Crippen LogP contribution in [0.3, 0.4) is 0 Å². The van der Waals surface area contributed by atoms with Crippen molar-refractivity contribution >= 4 is 22.9 Å². The fourth-order valence-electron chi connectivity index (χ4n) is 3.93. The first-order valence-electron chi connectivity index (χ1n) is 7.49. The van der Waals surface area contributed by atoms with Crippen LogP contribution in [0, 0.1) is 11.8 Å². The highest BCUT2D eigenvalue weighted by molar-refractivity contribution is 8.93. The van der Waals surface area contributed by atoms with E-state index in [-0.39, 0.29) is 17.0 Å². The fraction of sp³-hybridized carbons (Fsp3) is 0.562. The van der Waals surface area contributed by atoms with Crippen molar-refractivity contribution in [3.8, 4) is 0 Å². The Morgan fingerprint density at radius 1 is 1.35 bits per heavy atom. The molecule has 0 bridgehead atoms. The summed E-state index contributed by atoms with van der Waals surface area (Å²) in [6, 6.07) is 8.98. The van der Waals surface area contributed by atoms with Crippen molar-refractivity contribution in [2.75, 3.05) is 26.2 Å². The van der Waals surface area contributed by atoms with E-state index in [1.54, 1.807) is 11.1 Å². The first-order valence-corrected chi connectivity index (χ1v) is 7.49. The second-order valence-corrected chi connectivity index (χ2v) is 5.92. The molecule has 1 aromatic rings. The second kappa shape index (κ2) is 5.40. The minimum Gasteiger partial charge on any atom is -0.356 e. The summed E-state index contributed by atoms with van der Waals surface area (Å²) < 4.78 is 0. The SMILES string of the molecule is Br.CCN1CCN=C1NCC1C2Cc3ccccc3C12. The number of rotatable bonds is 3. The van der Waals surface area contributed by atoms with Crippen LogP contribution in [0.2, 0.25) is 0 Å². The third-order valence-corrected chi connectivity index (χ3v) is 5.01. The highest BCUT2D eigenvalue weighted by Gasteiger charge is 2.54. The Hall–Kier alpha value is -1.03. The molecule has 108 valence electrons. The van der Waals surface area contributed by atoms with Crippen LogP contribution in [-0.2, 0) is 6.42 Å². The third-order valence-electron chi connectivity index (χ3n) is 5.01. The van der Waals surface area contributed by atoms with Gasteiger partial charge in [-0.15, -0.1) is 17.0 Å². The number of halogens is 1. The topological polar surface area (TPSA) is 27.6 Å². The molecule has 2 aliphatic carbocycles. The van der Waals surface area contributed by atoms with E-state index in [9.17, 15) is 0 Å². The number of guanidine groups is 1. The van der Waals surface area contributed by atoms with Gasteiger partial charge in [0.1, 0.15) is 0 Å². The van der Waals surface area contributed by atoms with Crippen molar-refractivity contribution in [2.24, 2.45) is 16.8 Å².